The molecule has 0 saturated heterocycles. The molecule has 3 amide bonds. The highest BCUT2D eigenvalue weighted by Crippen LogP contribution is 2.25. The van der Waals surface area contributed by atoms with Gasteiger partial charge in [0.2, 0.25) is 0 Å². The van der Waals surface area contributed by atoms with Crippen molar-refractivity contribution >= 4 is 29.6 Å². The van der Waals surface area contributed by atoms with E-state index in [9.17, 15) is 9.59 Å². The molecule has 0 radical (unpaired) electrons. The molecule has 0 heterocycles. The molecule has 7 heteroatoms. The monoisotopic (exact) mass is 379 g/mol. The molecule has 1 saturated carbocycles. The quantitative estimate of drug-likeness (QED) is 0.679. The molecule has 3 N–H and O–H groups in total. The van der Waals surface area contributed by atoms with Crippen LogP contribution < -0.4 is 16.0 Å². The maximum Gasteiger partial charge on any atom is 0.407 e. The van der Waals surface area contributed by atoms with Gasteiger partial charge in [0.1, 0.15) is 5.60 Å². The predicted octanol–water partition coefficient (Wildman–Crippen LogP) is 4.37. The molecule has 1 aliphatic rings. The lowest BCUT2D eigenvalue weighted by atomic mass is 9.90. The molecule has 2 atom stereocenters. The van der Waals surface area contributed by atoms with Gasteiger partial charge in [0.05, 0.1) is 17.8 Å². The summed E-state index contributed by atoms with van der Waals surface area (Å²) in [5.74, 6) is 0. The molecule has 0 bridgehead atoms. The maximum atomic E-state index is 12.4. The van der Waals surface area contributed by atoms with Crippen LogP contribution in [0.15, 0.2) is 29.2 Å². The summed E-state index contributed by atoms with van der Waals surface area (Å²) >= 11 is 1.58. The number of rotatable bonds is 4. The van der Waals surface area contributed by atoms with E-state index in [1.165, 1.54) is 0 Å². The fraction of sp³-hybridized carbons (Fsp3) is 0.579. The van der Waals surface area contributed by atoms with E-state index in [2.05, 4.69) is 16.0 Å². The third kappa shape index (κ3) is 6.44. The molecular formula is C19H29N3O3S. The summed E-state index contributed by atoms with van der Waals surface area (Å²) in [5, 5.41) is 8.82. The SMILES string of the molecule is CSc1ccccc1NC(=O)N[C@@H]1CCCC[C@H]1NC(=O)OC(C)(C)C. The zero-order valence-electron chi connectivity index (χ0n) is 15.9. The largest absolute Gasteiger partial charge is 0.444 e. The lowest BCUT2D eigenvalue weighted by Gasteiger charge is -2.33. The lowest BCUT2D eigenvalue weighted by Crippen LogP contribution is -2.54. The lowest BCUT2D eigenvalue weighted by molar-refractivity contribution is 0.0481. The highest BCUT2D eigenvalue weighted by atomic mass is 32.2. The van der Waals surface area contributed by atoms with Gasteiger partial charge in [0, 0.05) is 4.90 Å². The van der Waals surface area contributed by atoms with Crippen LogP contribution in [0.3, 0.4) is 0 Å². The Balaban J connectivity index is 1.94. The number of urea groups is 1. The van der Waals surface area contributed by atoms with Crippen molar-refractivity contribution in [3.63, 3.8) is 0 Å². The van der Waals surface area contributed by atoms with Gasteiger partial charge in [-0.1, -0.05) is 25.0 Å². The van der Waals surface area contributed by atoms with Crippen LogP contribution in [0.5, 0.6) is 0 Å². The summed E-state index contributed by atoms with van der Waals surface area (Å²) in [7, 11) is 0. The Kier molecular flexibility index (Phi) is 7.20. The predicted molar refractivity (Wildman–Crippen MR) is 106 cm³/mol. The fourth-order valence-electron chi connectivity index (χ4n) is 3.01. The first kappa shape index (κ1) is 20.4. The van der Waals surface area contributed by atoms with Crippen LogP contribution in [0.4, 0.5) is 15.3 Å². The van der Waals surface area contributed by atoms with Crippen LogP contribution in [-0.4, -0.2) is 36.1 Å². The molecule has 0 spiro atoms. The van der Waals surface area contributed by atoms with E-state index in [4.69, 9.17) is 4.74 Å². The van der Waals surface area contributed by atoms with Gasteiger partial charge in [0.25, 0.3) is 0 Å². The number of amides is 3. The summed E-state index contributed by atoms with van der Waals surface area (Å²) in [6, 6.07) is 7.18. The molecule has 26 heavy (non-hydrogen) atoms. The minimum absolute atomic E-state index is 0.113. The van der Waals surface area contributed by atoms with Gasteiger partial charge in [-0.3, -0.25) is 0 Å². The third-order valence-corrected chi connectivity index (χ3v) is 4.94. The minimum atomic E-state index is -0.541. The summed E-state index contributed by atoms with van der Waals surface area (Å²) in [5.41, 5.74) is 0.241. The average Bonchev–Trinajstić information content (AvgIpc) is 2.55. The van der Waals surface area contributed by atoms with Gasteiger partial charge in [-0.2, -0.15) is 0 Å². The topological polar surface area (TPSA) is 79.5 Å². The highest BCUT2D eigenvalue weighted by molar-refractivity contribution is 7.98. The molecule has 0 aromatic heterocycles. The van der Waals surface area contributed by atoms with Gasteiger partial charge < -0.3 is 20.7 Å². The van der Waals surface area contributed by atoms with Crippen LogP contribution in [0.2, 0.25) is 0 Å². The Morgan fingerprint density at radius 3 is 2.31 bits per heavy atom. The Labute approximate surface area is 159 Å². The first-order valence-electron chi connectivity index (χ1n) is 8.98. The molecular weight excluding hydrogens is 350 g/mol. The second kappa shape index (κ2) is 9.16. The Morgan fingerprint density at radius 1 is 1.08 bits per heavy atom. The van der Waals surface area contributed by atoms with Crippen molar-refractivity contribution in [3.05, 3.63) is 24.3 Å². The van der Waals surface area contributed by atoms with Crippen molar-refractivity contribution in [2.24, 2.45) is 0 Å². The van der Waals surface area contributed by atoms with Crippen LogP contribution in [0.25, 0.3) is 0 Å². The number of alkyl carbamates (subject to hydrolysis) is 1. The fourth-order valence-corrected chi connectivity index (χ4v) is 3.56. The molecule has 1 aliphatic carbocycles. The number of anilines is 1. The van der Waals surface area contributed by atoms with Crippen molar-refractivity contribution in [2.75, 3.05) is 11.6 Å². The minimum Gasteiger partial charge on any atom is -0.444 e. The smallest absolute Gasteiger partial charge is 0.407 e. The van der Waals surface area contributed by atoms with Crippen molar-refractivity contribution in [1.82, 2.24) is 10.6 Å². The first-order chi connectivity index (χ1) is 12.3. The number of nitrogens with one attached hydrogen (secondary N) is 3. The van der Waals surface area contributed by atoms with Gasteiger partial charge in [-0.05, 0) is 52.0 Å². The van der Waals surface area contributed by atoms with E-state index in [0.717, 1.165) is 36.3 Å². The second-order valence-corrected chi connectivity index (χ2v) is 8.29. The van der Waals surface area contributed by atoms with E-state index in [1.54, 1.807) is 11.8 Å². The molecule has 6 nitrogen and oxygen atoms in total. The number of hydrogen-bond donors (Lipinski definition) is 3. The Hall–Kier alpha value is -1.89. The van der Waals surface area contributed by atoms with E-state index >= 15 is 0 Å². The first-order valence-corrected chi connectivity index (χ1v) is 10.2. The van der Waals surface area contributed by atoms with Gasteiger partial charge in [0.15, 0.2) is 0 Å². The molecule has 0 aliphatic heterocycles. The van der Waals surface area contributed by atoms with Crippen molar-refractivity contribution < 1.29 is 14.3 Å². The van der Waals surface area contributed by atoms with Gasteiger partial charge in [-0.25, -0.2) is 9.59 Å². The molecule has 2 rings (SSSR count). The summed E-state index contributed by atoms with van der Waals surface area (Å²) in [4.78, 5) is 25.5. The van der Waals surface area contributed by atoms with Crippen LogP contribution in [-0.2, 0) is 4.74 Å². The number of hydrogen-bond acceptors (Lipinski definition) is 4. The number of benzene rings is 1. The van der Waals surface area contributed by atoms with E-state index in [1.807, 2.05) is 51.3 Å². The molecule has 0 unspecified atom stereocenters. The molecule has 1 fully saturated rings. The summed E-state index contributed by atoms with van der Waals surface area (Å²) in [6.45, 7) is 5.50. The zero-order chi connectivity index (χ0) is 19.2. The van der Waals surface area contributed by atoms with Crippen molar-refractivity contribution in [2.45, 2.75) is 69.0 Å². The van der Waals surface area contributed by atoms with Crippen LogP contribution >= 0.6 is 11.8 Å². The van der Waals surface area contributed by atoms with E-state index < -0.39 is 11.7 Å². The van der Waals surface area contributed by atoms with Crippen molar-refractivity contribution in [3.8, 4) is 0 Å². The van der Waals surface area contributed by atoms with Crippen molar-refractivity contribution in [1.29, 1.82) is 0 Å². The number of carbonyl (C=O) groups is 2. The van der Waals surface area contributed by atoms with Gasteiger partial charge >= 0.3 is 12.1 Å². The third-order valence-electron chi connectivity index (χ3n) is 4.14. The molecule has 144 valence electrons. The summed E-state index contributed by atoms with van der Waals surface area (Å²) in [6.07, 6.45) is 5.24. The summed E-state index contributed by atoms with van der Waals surface area (Å²) < 4.78 is 5.34. The Bertz CT molecular complexity index is 631. The van der Waals surface area contributed by atoms with Gasteiger partial charge in [-0.15, -0.1) is 11.8 Å². The molecule has 1 aromatic rings. The number of carbonyl (C=O) groups excluding carboxylic acids is 2. The number of ether oxygens (including phenoxy) is 1. The van der Waals surface area contributed by atoms with E-state index in [0.29, 0.717) is 0 Å². The molecule has 1 aromatic carbocycles. The zero-order valence-corrected chi connectivity index (χ0v) is 16.7. The van der Waals surface area contributed by atoms with Crippen LogP contribution in [0, 0.1) is 0 Å². The average molecular weight is 380 g/mol. The second-order valence-electron chi connectivity index (χ2n) is 7.44. The number of para-hydroxylation sites is 1. The van der Waals surface area contributed by atoms with Crippen LogP contribution in [0.1, 0.15) is 46.5 Å². The standard InChI is InChI=1S/C19H29N3O3S/c1-19(2,3)25-18(24)22-14-10-6-5-9-13(14)20-17(23)21-15-11-7-8-12-16(15)26-4/h7-8,11-14H,5-6,9-10H2,1-4H3,(H,22,24)(H2,20,21,23)/t13-,14-/m1/s1. The van der Waals surface area contributed by atoms with E-state index in [-0.39, 0.29) is 18.1 Å². The number of thioether (sulfide) groups is 1. The highest BCUT2D eigenvalue weighted by Gasteiger charge is 2.29. The Morgan fingerprint density at radius 2 is 1.69 bits per heavy atom. The maximum absolute atomic E-state index is 12.4. The normalized spacial score (nSPS) is 20.2.